The van der Waals surface area contributed by atoms with E-state index in [9.17, 15) is 9.18 Å². The van der Waals surface area contributed by atoms with Crippen molar-refractivity contribution in [2.45, 2.75) is 48.6 Å². The first-order valence-electron chi connectivity index (χ1n) is 9.74. The standard InChI is InChI=1S/C23H23FN2OS/c1-15-6-2-4-8-20(15)26-23(27)19-14-22(25-21-9-5-3-7-18(19)21)28-17-12-10-16(24)11-13-17/h3,5,7,9-15,20H,2,4,6,8H2,1H3,(H,26,27)/t15-,20+/m0/s1. The number of nitrogens with zero attached hydrogens (tertiary/aromatic N) is 1. The molecule has 1 N–H and O–H groups in total. The average Bonchev–Trinajstić information content (AvgIpc) is 2.71. The number of rotatable bonds is 4. The molecule has 1 aliphatic carbocycles. The van der Waals surface area contributed by atoms with Gasteiger partial charge >= 0.3 is 0 Å². The molecule has 2 aromatic carbocycles. The first-order valence-corrected chi connectivity index (χ1v) is 10.6. The zero-order valence-electron chi connectivity index (χ0n) is 15.8. The molecule has 1 aliphatic rings. The second kappa shape index (κ2) is 8.31. The molecule has 5 heteroatoms. The minimum Gasteiger partial charge on any atom is -0.349 e. The van der Waals surface area contributed by atoms with Crippen LogP contribution in [-0.2, 0) is 0 Å². The minimum atomic E-state index is -0.266. The van der Waals surface area contributed by atoms with E-state index >= 15 is 0 Å². The van der Waals surface area contributed by atoms with Crippen molar-refractivity contribution in [3.63, 3.8) is 0 Å². The Morgan fingerprint density at radius 3 is 2.64 bits per heavy atom. The Morgan fingerprint density at radius 2 is 1.86 bits per heavy atom. The van der Waals surface area contributed by atoms with Gasteiger partial charge in [0.25, 0.3) is 5.91 Å². The molecule has 0 saturated heterocycles. The fraction of sp³-hybridized carbons (Fsp3) is 0.304. The number of halogens is 1. The van der Waals surface area contributed by atoms with Crippen LogP contribution in [0.3, 0.4) is 0 Å². The summed E-state index contributed by atoms with van der Waals surface area (Å²) in [4.78, 5) is 18.7. The second-order valence-corrected chi connectivity index (χ2v) is 8.52. The molecule has 1 heterocycles. The Bertz CT molecular complexity index is 990. The predicted molar refractivity (Wildman–Crippen MR) is 111 cm³/mol. The molecule has 3 nitrogen and oxygen atoms in total. The number of amides is 1. The van der Waals surface area contributed by atoms with Gasteiger partial charge < -0.3 is 5.32 Å². The maximum absolute atomic E-state index is 13.2. The van der Waals surface area contributed by atoms with Gasteiger partial charge in [0.2, 0.25) is 0 Å². The van der Waals surface area contributed by atoms with Crippen LogP contribution in [-0.4, -0.2) is 16.9 Å². The Labute approximate surface area is 168 Å². The molecule has 4 rings (SSSR count). The normalized spacial score (nSPS) is 19.5. The van der Waals surface area contributed by atoms with Crippen LogP contribution >= 0.6 is 11.8 Å². The number of para-hydroxylation sites is 1. The van der Waals surface area contributed by atoms with Crippen LogP contribution in [0.1, 0.15) is 43.0 Å². The molecule has 1 fully saturated rings. The van der Waals surface area contributed by atoms with E-state index in [-0.39, 0.29) is 17.8 Å². The SMILES string of the molecule is C[C@H]1CCCC[C@H]1NC(=O)c1cc(Sc2ccc(F)cc2)nc2ccccc12. The summed E-state index contributed by atoms with van der Waals surface area (Å²) in [5.41, 5.74) is 1.43. The predicted octanol–water partition coefficient (Wildman–Crippen LogP) is 5.83. The summed E-state index contributed by atoms with van der Waals surface area (Å²) < 4.78 is 13.2. The van der Waals surface area contributed by atoms with E-state index in [2.05, 4.69) is 17.2 Å². The molecular weight excluding hydrogens is 371 g/mol. The van der Waals surface area contributed by atoms with Gasteiger partial charge in [-0.15, -0.1) is 0 Å². The van der Waals surface area contributed by atoms with Crippen molar-refractivity contribution in [2.24, 2.45) is 5.92 Å². The van der Waals surface area contributed by atoms with E-state index in [0.717, 1.165) is 40.1 Å². The zero-order chi connectivity index (χ0) is 19.5. The molecule has 3 aromatic rings. The number of pyridine rings is 1. The number of hydrogen-bond acceptors (Lipinski definition) is 3. The number of fused-ring (bicyclic) bond motifs is 1. The van der Waals surface area contributed by atoms with Crippen molar-refractivity contribution in [1.82, 2.24) is 10.3 Å². The third-order valence-corrected chi connectivity index (χ3v) is 6.33. The van der Waals surface area contributed by atoms with E-state index in [1.54, 1.807) is 12.1 Å². The fourth-order valence-electron chi connectivity index (χ4n) is 3.79. The van der Waals surface area contributed by atoms with Gasteiger partial charge in [-0.2, -0.15) is 0 Å². The van der Waals surface area contributed by atoms with E-state index < -0.39 is 0 Å². The van der Waals surface area contributed by atoms with Gasteiger partial charge in [-0.25, -0.2) is 9.37 Å². The van der Waals surface area contributed by atoms with Gasteiger partial charge in [0, 0.05) is 16.3 Å². The van der Waals surface area contributed by atoms with Gasteiger partial charge in [-0.1, -0.05) is 49.7 Å². The van der Waals surface area contributed by atoms with Crippen LogP contribution in [0.5, 0.6) is 0 Å². The third-order valence-electron chi connectivity index (χ3n) is 5.40. The molecule has 0 spiro atoms. The van der Waals surface area contributed by atoms with Gasteiger partial charge in [-0.05, 0) is 55.2 Å². The molecule has 0 aliphatic heterocycles. The summed E-state index contributed by atoms with van der Waals surface area (Å²) in [6.45, 7) is 2.21. The van der Waals surface area contributed by atoms with Gasteiger partial charge in [0.15, 0.2) is 0 Å². The Balaban J connectivity index is 1.65. The molecule has 2 atom stereocenters. The first kappa shape index (κ1) is 18.9. The molecule has 0 radical (unpaired) electrons. The second-order valence-electron chi connectivity index (χ2n) is 7.42. The molecule has 0 bridgehead atoms. The quantitative estimate of drug-likeness (QED) is 0.605. The number of carbonyl (C=O) groups is 1. The highest BCUT2D eigenvalue weighted by Crippen LogP contribution is 2.30. The van der Waals surface area contributed by atoms with E-state index in [1.807, 2.05) is 30.3 Å². The van der Waals surface area contributed by atoms with Crippen LogP contribution in [0.15, 0.2) is 64.5 Å². The lowest BCUT2D eigenvalue weighted by atomic mass is 9.86. The summed E-state index contributed by atoms with van der Waals surface area (Å²) in [5.74, 6) is 0.189. The molecule has 1 amide bonds. The Kier molecular flexibility index (Phi) is 5.62. The zero-order valence-corrected chi connectivity index (χ0v) is 16.6. The maximum Gasteiger partial charge on any atom is 0.252 e. The Morgan fingerprint density at radius 1 is 1.11 bits per heavy atom. The van der Waals surface area contributed by atoms with Crippen molar-refractivity contribution in [3.05, 3.63) is 66.0 Å². The lowest BCUT2D eigenvalue weighted by Gasteiger charge is -2.29. The number of aromatic nitrogens is 1. The molecule has 144 valence electrons. The highest BCUT2D eigenvalue weighted by molar-refractivity contribution is 7.99. The summed E-state index contributed by atoms with van der Waals surface area (Å²) in [6.07, 6.45) is 4.60. The third kappa shape index (κ3) is 4.20. The fourth-order valence-corrected chi connectivity index (χ4v) is 4.63. The van der Waals surface area contributed by atoms with Crippen LogP contribution in [0, 0.1) is 11.7 Å². The minimum absolute atomic E-state index is 0.0432. The van der Waals surface area contributed by atoms with Crippen LogP contribution < -0.4 is 5.32 Å². The van der Waals surface area contributed by atoms with Crippen molar-refractivity contribution < 1.29 is 9.18 Å². The molecule has 1 aromatic heterocycles. The van der Waals surface area contributed by atoms with Crippen molar-refractivity contribution in [1.29, 1.82) is 0 Å². The molecule has 0 unspecified atom stereocenters. The number of hydrogen-bond donors (Lipinski definition) is 1. The lowest BCUT2D eigenvalue weighted by molar-refractivity contribution is 0.0911. The number of nitrogens with one attached hydrogen (secondary N) is 1. The maximum atomic E-state index is 13.2. The van der Waals surface area contributed by atoms with E-state index in [4.69, 9.17) is 0 Å². The smallest absolute Gasteiger partial charge is 0.252 e. The van der Waals surface area contributed by atoms with Crippen LogP contribution in [0.4, 0.5) is 4.39 Å². The highest BCUT2D eigenvalue weighted by Gasteiger charge is 2.24. The molecule has 28 heavy (non-hydrogen) atoms. The lowest BCUT2D eigenvalue weighted by Crippen LogP contribution is -2.41. The van der Waals surface area contributed by atoms with Crippen LogP contribution in [0.2, 0.25) is 0 Å². The van der Waals surface area contributed by atoms with Crippen molar-refractivity contribution in [2.75, 3.05) is 0 Å². The monoisotopic (exact) mass is 394 g/mol. The largest absolute Gasteiger partial charge is 0.349 e. The average molecular weight is 395 g/mol. The van der Waals surface area contributed by atoms with E-state index in [1.165, 1.54) is 30.3 Å². The number of benzene rings is 2. The Hall–Kier alpha value is -2.40. The molecule has 1 saturated carbocycles. The highest BCUT2D eigenvalue weighted by atomic mass is 32.2. The topological polar surface area (TPSA) is 42.0 Å². The van der Waals surface area contributed by atoms with Crippen molar-refractivity contribution in [3.8, 4) is 0 Å². The summed E-state index contributed by atoms with van der Waals surface area (Å²) in [7, 11) is 0. The first-order chi connectivity index (χ1) is 13.6. The van der Waals surface area contributed by atoms with E-state index in [0.29, 0.717) is 11.5 Å². The van der Waals surface area contributed by atoms with Gasteiger partial charge in [0.1, 0.15) is 10.8 Å². The van der Waals surface area contributed by atoms with Gasteiger partial charge in [-0.3, -0.25) is 4.79 Å². The summed E-state index contributed by atoms with van der Waals surface area (Å²) in [5, 5.41) is 4.83. The molecular formula is C23H23FN2OS. The number of carbonyl (C=O) groups excluding carboxylic acids is 1. The van der Waals surface area contributed by atoms with Gasteiger partial charge in [0.05, 0.1) is 11.1 Å². The van der Waals surface area contributed by atoms with Crippen molar-refractivity contribution >= 4 is 28.6 Å². The summed E-state index contributed by atoms with van der Waals surface area (Å²) in [6, 6.07) is 16.1. The van der Waals surface area contributed by atoms with Crippen LogP contribution in [0.25, 0.3) is 10.9 Å². The summed E-state index contributed by atoms with van der Waals surface area (Å²) >= 11 is 1.43.